The number of aryl methyl sites for hydroxylation is 1. The first kappa shape index (κ1) is 24.6. The molecule has 0 saturated carbocycles. The van der Waals surface area contributed by atoms with E-state index in [1.54, 1.807) is 41.2 Å². The van der Waals surface area contributed by atoms with E-state index in [0.29, 0.717) is 39.4 Å². The molecule has 5 aromatic rings. The van der Waals surface area contributed by atoms with Gasteiger partial charge < -0.3 is 14.5 Å². The second-order valence-electron chi connectivity index (χ2n) is 8.25. The third-order valence-electron chi connectivity index (χ3n) is 5.54. The van der Waals surface area contributed by atoms with Crippen LogP contribution in [0.2, 0.25) is 10.0 Å². The van der Waals surface area contributed by atoms with Crippen molar-refractivity contribution < 1.29 is 13.9 Å². The average Bonchev–Trinajstić information content (AvgIpc) is 3.50. The summed E-state index contributed by atoms with van der Waals surface area (Å²) < 4.78 is 11.3. The number of rotatable bonds is 7. The molecule has 7 nitrogen and oxygen atoms in total. The van der Waals surface area contributed by atoms with Crippen molar-refractivity contribution in [2.24, 2.45) is 0 Å². The van der Waals surface area contributed by atoms with Gasteiger partial charge in [0.25, 0.3) is 0 Å². The van der Waals surface area contributed by atoms with Crippen molar-refractivity contribution in [3.05, 3.63) is 94.2 Å². The second-order valence-corrected chi connectivity index (χ2v) is 9.13. The summed E-state index contributed by atoms with van der Waals surface area (Å²) in [4.78, 5) is 14.2. The van der Waals surface area contributed by atoms with E-state index in [2.05, 4.69) is 15.5 Å². The molecule has 2 aromatic heterocycles. The van der Waals surface area contributed by atoms with Crippen molar-refractivity contribution in [2.75, 3.05) is 11.9 Å². The topological polar surface area (TPSA) is 82.2 Å². The number of anilines is 1. The minimum absolute atomic E-state index is 0.301. The van der Waals surface area contributed by atoms with Gasteiger partial charge in [0, 0.05) is 27.4 Å². The van der Waals surface area contributed by atoms with E-state index in [9.17, 15) is 4.79 Å². The van der Waals surface area contributed by atoms with Crippen LogP contribution in [0.15, 0.2) is 77.2 Å². The van der Waals surface area contributed by atoms with E-state index in [0.717, 1.165) is 28.1 Å². The molecule has 0 fully saturated rings. The molecule has 1 N–H and O–H groups in total. The summed E-state index contributed by atoms with van der Waals surface area (Å²) in [5.74, 6) is 1.61. The van der Waals surface area contributed by atoms with E-state index in [-0.39, 0.29) is 5.91 Å². The minimum Gasteiger partial charge on any atom is -0.494 e. The molecule has 3 aromatic carbocycles. The number of hydrogen-bond acceptors (Lipinski definition) is 5. The number of fused-ring (bicyclic) bond motifs is 1. The van der Waals surface area contributed by atoms with Gasteiger partial charge in [-0.2, -0.15) is 4.80 Å². The molecule has 0 aliphatic carbocycles. The lowest BCUT2D eigenvalue weighted by Gasteiger charge is -2.05. The Kier molecular flexibility index (Phi) is 6.99. The van der Waals surface area contributed by atoms with Gasteiger partial charge in [-0.1, -0.05) is 23.2 Å². The van der Waals surface area contributed by atoms with Crippen LogP contribution < -0.4 is 10.1 Å². The summed E-state index contributed by atoms with van der Waals surface area (Å²) in [5, 5.41) is 13.1. The van der Waals surface area contributed by atoms with E-state index < -0.39 is 0 Å². The SMILES string of the molecule is CCOc1ccc(-n2nc3cc(C)c(NC(=O)/C=C/c4ccc(-c5cc(Cl)cc(Cl)c5)o4)cc3n2)cc1. The maximum Gasteiger partial charge on any atom is 0.248 e. The van der Waals surface area contributed by atoms with Gasteiger partial charge in [0.1, 0.15) is 28.3 Å². The Morgan fingerprint density at radius 3 is 2.41 bits per heavy atom. The maximum atomic E-state index is 12.6. The number of ether oxygens (including phenoxy) is 1. The van der Waals surface area contributed by atoms with Crippen molar-refractivity contribution in [3.8, 4) is 22.8 Å². The lowest BCUT2D eigenvalue weighted by atomic mass is 10.1. The molecule has 0 saturated heterocycles. The monoisotopic (exact) mass is 532 g/mol. The lowest BCUT2D eigenvalue weighted by molar-refractivity contribution is -0.111. The summed E-state index contributed by atoms with van der Waals surface area (Å²) in [5.41, 5.74) is 4.46. The van der Waals surface area contributed by atoms with Crippen LogP contribution >= 0.6 is 23.2 Å². The highest BCUT2D eigenvalue weighted by Gasteiger charge is 2.11. The van der Waals surface area contributed by atoms with Gasteiger partial charge in [0.05, 0.1) is 12.3 Å². The number of amides is 1. The number of benzene rings is 3. The molecule has 0 aliphatic heterocycles. The third-order valence-corrected chi connectivity index (χ3v) is 5.97. The number of aromatic nitrogens is 3. The van der Waals surface area contributed by atoms with Crippen LogP contribution in [0, 0.1) is 6.92 Å². The number of carbonyl (C=O) groups is 1. The molecule has 0 atom stereocenters. The highest BCUT2D eigenvalue weighted by atomic mass is 35.5. The predicted molar refractivity (Wildman–Crippen MR) is 147 cm³/mol. The summed E-state index contributed by atoms with van der Waals surface area (Å²) in [6.07, 6.45) is 3.01. The van der Waals surface area contributed by atoms with E-state index >= 15 is 0 Å². The largest absolute Gasteiger partial charge is 0.494 e. The summed E-state index contributed by atoms with van der Waals surface area (Å²) in [7, 11) is 0. The Labute approximate surface area is 223 Å². The number of carbonyl (C=O) groups excluding carboxylic acids is 1. The number of nitrogens with zero attached hydrogens (tertiary/aromatic N) is 3. The van der Waals surface area contributed by atoms with Gasteiger partial charge >= 0.3 is 0 Å². The second kappa shape index (κ2) is 10.5. The van der Waals surface area contributed by atoms with Crippen LogP contribution in [0.25, 0.3) is 34.1 Å². The zero-order valence-corrected chi connectivity index (χ0v) is 21.5. The maximum absolute atomic E-state index is 12.6. The molecular weight excluding hydrogens is 511 g/mol. The zero-order chi connectivity index (χ0) is 25.9. The van der Waals surface area contributed by atoms with E-state index in [1.165, 1.54) is 6.08 Å². The van der Waals surface area contributed by atoms with Crippen LogP contribution in [0.4, 0.5) is 5.69 Å². The minimum atomic E-state index is -0.301. The molecular formula is C28H22Cl2N4O3. The van der Waals surface area contributed by atoms with Crippen LogP contribution in [0.5, 0.6) is 5.75 Å². The quantitative estimate of drug-likeness (QED) is 0.221. The normalized spacial score (nSPS) is 11.4. The molecule has 0 radical (unpaired) electrons. The third kappa shape index (κ3) is 5.69. The summed E-state index contributed by atoms with van der Waals surface area (Å²) >= 11 is 12.2. The Morgan fingerprint density at radius 1 is 1.00 bits per heavy atom. The molecule has 0 aliphatic rings. The van der Waals surface area contributed by atoms with Crippen LogP contribution in [0.3, 0.4) is 0 Å². The van der Waals surface area contributed by atoms with E-state index in [4.69, 9.17) is 32.4 Å². The zero-order valence-electron chi connectivity index (χ0n) is 20.0. The number of halogens is 2. The first-order valence-corrected chi connectivity index (χ1v) is 12.3. The standard InChI is InChI=1S/C28H22Cl2N4O3/c1-3-36-22-6-4-21(5-7-22)34-32-25-12-17(2)24(16-26(25)33-34)31-28(35)11-9-23-8-10-27(37-23)18-13-19(29)15-20(30)14-18/h4-16H,3H2,1-2H3,(H,31,35)/b11-9+. The molecule has 5 rings (SSSR count). The summed E-state index contributed by atoms with van der Waals surface area (Å²) in [6, 6.07) is 20.0. The first-order valence-electron chi connectivity index (χ1n) is 11.5. The van der Waals surface area contributed by atoms with Gasteiger partial charge in [-0.05, 0) is 92.2 Å². The fourth-order valence-corrected chi connectivity index (χ4v) is 4.31. The smallest absolute Gasteiger partial charge is 0.248 e. The van der Waals surface area contributed by atoms with Gasteiger partial charge in [0.2, 0.25) is 5.91 Å². The van der Waals surface area contributed by atoms with Crippen molar-refractivity contribution in [1.82, 2.24) is 15.0 Å². The molecule has 186 valence electrons. The predicted octanol–water partition coefficient (Wildman–Crippen LogP) is 7.35. The Balaban J connectivity index is 1.30. The number of nitrogens with one attached hydrogen (secondary N) is 1. The fraction of sp³-hybridized carbons (Fsp3) is 0.107. The Bertz CT molecular complexity index is 1600. The van der Waals surface area contributed by atoms with Crippen molar-refractivity contribution in [1.29, 1.82) is 0 Å². The Morgan fingerprint density at radius 2 is 1.70 bits per heavy atom. The molecule has 9 heteroatoms. The van der Waals surface area contributed by atoms with Gasteiger partial charge in [-0.25, -0.2) is 0 Å². The van der Waals surface area contributed by atoms with Crippen LogP contribution in [-0.2, 0) is 4.79 Å². The molecule has 2 heterocycles. The molecule has 0 unspecified atom stereocenters. The number of furan rings is 1. The van der Waals surface area contributed by atoms with Crippen molar-refractivity contribution in [2.45, 2.75) is 13.8 Å². The molecule has 1 amide bonds. The lowest BCUT2D eigenvalue weighted by Crippen LogP contribution is -2.08. The molecule has 0 bridgehead atoms. The molecule has 37 heavy (non-hydrogen) atoms. The summed E-state index contributed by atoms with van der Waals surface area (Å²) in [6.45, 7) is 4.45. The average molecular weight is 533 g/mol. The Hall–Kier alpha value is -4.07. The first-order chi connectivity index (χ1) is 17.9. The van der Waals surface area contributed by atoms with E-state index in [1.807, 2.05) is 50.2 Å². The van der Waals surface area contributed by atoms with Crippen LogP contribution in [0.1, 0.15) is 18.2 Å². The van der Waals surface area contributed by atoms with Gasteiger partial charge in [-0.3, -0.25) is 4.79 Å². The van der Waals surface area contributed by atoms with Crippen molar-refractivity contribution in [3.63, 3.8) is 0 Å². The van der Waals surface area contributed by atoms with Crippen LogP contribution in [-0.4, -0.2) is 27.5 Å². The van der Waals surface area contributed by atoms with Gasteiger partial charge in [0.15, 0.2) is 0 Å². The van der Waals surface area contributed by atoms with Gasteiger partial charge in [-0.15, -0.1) is 10.2 Å². The fourth-order valence-electron chi connectivity index (χ4n) is 3.79. The molecule has 0 spiro atoms. The van der Waals surface area contributed by atoms with Crippen molar-refractivity contribution >= 4 is 51.9 Å². The number of hydrogen-bond donors (Lipinski definition) is 1. The highest BCUT2D eigenvalue weighted by Crippen LogP contribution is 2.29. The highest BCUT2D eigenvalue weighted by molar-refractivity contribution is 6.35.